The van der Waals surface area contributed by atoms with Gasteiger partial charge in [0.05, 0.1) is 42.5 Å². The molecular weight excluding hydrogens is 791 g/mol. The number of nitrogens with one attached hydrogen (secondary N) is 2. The molecule has 3 aliphatic rings. The molecular formula is C44H53N5O10S. The fourth-order valence-electron chi connectivity index (χ4n) is 7.55. The number of methoxy groups -OCH3 is 1. The number of likely N-dealkylation sites (tertiary alicyclic amines) is 1. The normalized spacial score (nSPS) is 21.6. The lowest BCUT2D eigenvalue weighted by Gasteiger charge is -2.32. The molecule has 0 bridgehead atoms. The van der Waals surface area contributed by atoms with Crippen LogP contribution in [0.1, 0.15) is 59.8 Å². The number of nitrogens with zero attached hydrogens (tertiary/aromatic N) is 3. The molecule has 2 aromatic carbocycles. The minimum Gasteiger partial charge on any atom is -0.497 e. The number of hydrogen-bond donors (Lipinski definition) is 2. The Morgan fingerprint density at radius 1 is 1.07 bits per heavy atom. The van der Waals surface area contributed by atoms with Gasteiger partial charge in [0.15, 0.2) is 0 Å². The van der Waals surface area contributed by atoms with Crippen LogP contribution in [-0.4, -0.2) is 108 Å². The molecule has 2 saturated carbocycles. The highest BCUT2D eigenvalue weighted by molar-refractivity contribution is 7.91. The highest BCUT2D eigenvalue weighted by Gasteiger charge is 2.62. The van der Waals surface area contributed by atoms with E-state index in [-0.39, 0.29) is 32.5 Å². The molecule has 2 N–H and O–H groups in total. The van der Waals surface area contributed by atoms with Gasteiger partial charge in [-0.3, -0.25) is 28.7 Å². The maximum absolute atomic E-state index is 14.9. The van der Waals surface area contributed by atoms with Crippen molar-refractivity contribution in [1.29, 1.82) is 0 Å². The summed E-state index contributed by atoms with van der Waals surface area (Å²) in [5.41, 5.74) is -0.488. The smallest absolute Gasteiger partial charge is 0.307 e. The van der Waals surface area contributed by atoms with Crippen LogP contribution in [0.3, 0.4) is 0 Å². The number of sulfonamides is 1. The summed E-state index contributed by atoms with van der Waals surface area (Å²) >= 11 is 0. The zero-order valence-corrected chi connectivity index (χ0v) is 35.5. The molecule has 2 heterocycles. The topological polar surface area (TPSA) is 191 Å². The number of carbonyl (C=O) groups is 5. The van der Waals surface area contributed by atoms with Gasteiger partial charge in [0.25, 0.3) is 5.91 Å². The Labute approximate surface area is 350 Å². The second kappa shape index (κ2) is 17.4. The van der Waals surface area contributed by atoms with Gasteiger partial charge in [-0.15, -0.1) is 6.58 Å². The maximum atomic E-state index is 14.9. The van der Waals surface area contributed by atoms with Crippen molar-refractivity contribution >= 4 is 50.5 Å². The number of likely N-dealkylation sites (N-methyl/N-ethyl adjacent to an activating group) is 1. The molecule has 0 radical (unpaired) electrons. The van der Waals surface area contributed by atoms with Crippen molar-refractivity contribution in [2.75, 3.05) is 26.7 Å². The van der Waals surface area contributed by atoms with E-state index in [1.165, 1.54) is 15.9 Å². The van der Waals surface area contributed by atoms with Crippen molar-refractivity contribution in [2.24, 2.45) is 11.8 Å². The Balaban J connectivity index is 1.37. The Bertz CT molecular complexity index is 2290. The average Bonchev–Trinajstić information content (AvgIpc) is 4.15. The lowest BCUT2D eigenvalue weighted by molar-refractivity contribution is -0.159. The zero-order valence-electron chi connectivity index (χ0n) is 34.6. The van der Waals surface area contributed by atoms with Crippen LogP contribution in [0.25, 0.3) is 22.2 Å². The lowest BCUT2D eigenvalue weighted by Crippen LogP contribution is -2.57. The summed E-state index contributed by atoms with van der Waals surface area (Å²) in [6, 6.07) is 15.4. The van der Waals surface area contributed by atoms with E-state index in [9.17, 15) is 32.4 Å². The first-order valence-electron chi connectivity index (χ1n) is 20.1. The van der Waals surface area contributed by atoms with Crippen molar-refractivity contribution in [3.63, 3.8) is 0 Å². The second-order valence-corrected chi connectivity index (χ2v) is 18.4. The number of hydrogen-bond acceptors (Lipinski definition) is 11. The summed E-state index contributed by atoms with van der Waals surface area (Å²) in [4.78, 5) is 76.8. The summed E-state index contributed by atoms with van der Waals surface area (Å²) in [6.07, 6.45) is 2.30. The monoisotopic (exact) mass is 843 g/mol. The Hall–Kier alpha value is -5.77. The van der Waals surface area contributed by atoms with Gasteiger partial charge in [0.2, 0.25) is 27.7 Å². The van der Waals surface area contributed by atoms with Crippen LogP contribution in [0.4, 0.5) is 0 Å². The molecule has 3 fully saturated rings. The Morgan fingerprint density at radius 3 is 2.38 bits per heavy atom. The summed E-state index contributed by atoms with van der Waals surface area (Å²) in [6.45, 7) is 14.1. The van der Waals surface area contributed by atoms with Crippen LogP contribution in [0, 0.1) is 11.8 Å². The molecule has 4 amide bonds. The number of esters is 1. The van der Waals surface area contributed by atoms with Crippen molar-refractivity contribution in [1.82, 2.24) is 24.8 Å². The predicted octanol–water partition coefficient (Wildman–Crippen LogP) is 4.31. The van der Waals surface area contributed by atoms with E-state index >= 15 is 0 Å². The molecule has 1 aliphatic heterocycles. The Morgan fingerprint density at radius 2 is 1.78 bits per heavy atom. The van der Waals surface area contributed by atoms with E-state index in [0.29, 0.717) is 40.9 Å². The van der Waals surface area contributed by atoms with Gasteiger partial charge < -0.3 is 29.3 Å². The third kappa shape index (κ3) is 9.81. The SMILES string of the molecule is C=CC(=O)N(CC)C[C@H](CC(=O)OC(C)(C)C)C(=O)N1CC(Oc2cc(-c3ccccc3)nc3cc(OC)ccc23)C[C@H]1C(=O)N[C@]1(C(=O)NS(=O)(=O)C2CC2)C[C@H]1C=C. The maximum Gasteiger partial charge on any atom is 0.307 e. The van der Waals surface area contributed by atoms with Gasteiger partial charge in [-0.2, -0.15) is 0 Å². The average molecular weight is 844 g/mol. The van der Waals surface area contributed by atoms with E-state index in [0.717, 1.165) is 11.6 Å². The van der Waals surface area contributed by atoms with Gasteiger partial charge in [0.1, 0.15) is 34.8 Å². The fourth-order valence-corrected chi connectivity index (χ4v) is 8.91. The fraction of sp³-hybridized carbons (Fsp3) is 0.455. The number of benzene rings is 2. The Kier molecular flexibility index (Phi) is 12.7. The minimum atomic E-state index is -3.95. The van der Waals surface area contributed by atoms with E-state index < -0.39 is 86.4 Å². The molecule has 6 rings (SSSR count). The first-order valence-corrected chi connectivity index (χ1v) is 21.6. The zero-order chi connectivity index (χ0) is 43.6. The van der Waals surface area contributed by atoms with Crippen LogP contribution in [0.5, 0.6) is 11.5 Å². The summed E-state index contributed by atoms with van der Waals surface area (Å²) < 4.78 is 45.6. The number of amides is 4. The van der Waals surface area contributed by atoms with Gasteiger partial charge in [-0.1, -0.05) is 43.0 Å². The van der Waals surface area contributed by atoms with Crippen molar-refractivity contribution in [2.45, 2.75) is 88.3 Å². The standard InChI is InChI=1S/C44H53N5O10S/c1-8-29-24-44(29,42(54)47-60(55,56)32-17-18-32)46-40(52)36-22-31(26-49(36)41(53)28(20-39(51)59-43(4,5)6)25-48(10-3)38(50)9-2)58-37-23-34(27-14-12-11-13-15-27)45-35-21-30(57-7)16-19-33(35)37/h8-9,11-16,19,21,23,28-29,31-32,36H,1-2,10,17-18,20,22,24-26H2,3-7H3,(H,46,52)(H,47,54)/t28-,29+,31?,36-,44+/m0/s1. The largest absolute Gasteiger partial charge is 0.497 e. The highest BCUT2D eigenvalue weighted by Crippen LogP contribution is 2.46. The van der Waals surface area contributed by atoms with Crippen LogP contribution in [0.2, 0.25) is 0 Å². The van der Waals surface area contributed by atoms with Gasteiger partial charge in [0, 0.05) is 48.5 Å². The third-order valence-corrected chi connectivity index (χ3v) is 12.7. The molecule has 2 aliphatic carbocycles. The molecule has 60 heavy (non-hydrogen) atoms. The van der Waals surface area contributed by atoms with E-state index in [2.05, 4.69) is 23.2 Å². The molecule has 5 atom stereocenters. The highest BCUT2D eigenvalue weighted by atomic mass is 32.2. The van der Waals surface area contributed by atoms with E-state index in [1.54, 1.807) is 59.1 Å². The molecule has 0 spiro atoms. The molecule has 320 valence electrons. The summed E-state index contributed by atoms with van der Waals surface area (Å²) in [5.74, 6) is -4.09. The first-order chi connectivity index (χ1) is 28.4. The summed E-state index contributed by atoms with van der Waals surface area (Å²) in [7, 11) is -2.40. The first kappa shape index (κ1) is 43.8. The predicted molar refractivity (Wildman–Crippen MR) is 224 cm³/mol. The van der Waals surface area contributed by atoms with Crippen molar-refractivity contribution < 1.29 is 46.6 Å². The number of fused-ring (bicyclic) bond motifs is 1. The number of carbonyl (C=O) groups excluding carboxylic acids is 5. The number of pyridine rings is 1. The van der Waals surface area contributed by atoms with Crippen LogP contribution in [0.15, 0.2) is 79.9 Å². The number of ether oxygens (including phenoxy) is 3. The van der Waals surface area contributed by atoms with Crippen LogP contribution in [-0.2, 0) is 38.7 Å². The lowest BCUT2D eigenvalue weighted by atomic mass is 10.0. The van der Waals surface area contributed by atoms with Crippen molar-refractivity contribution in [3.05, 3.63) is 79.9 Å². The molecule has 1 unspecified atom stereocenters. The summed E-state index contributed by atoms with van der Waals surface area (Å²) in [5, 5.41) is 2.76. The van der Waals surface area contributed by atoms with E-state index in [4.69, 9.17) is 19.2 Å². The van der Waals surface area contributed by atoms with Crippen LogP contribution >= 0.6 is 0 Å². The molecule has 1 aromatic heterocycles. The van der Waals surface area contributed by atoms with Crippen LogP contribution < -0.4 is 19.5 Å². The third-order valence-electron chi connectivity index (χ3n) is 10.9. The molecule has 16 heteroatoms. The number of rotatable bonds is 17. The molecule has 15 nitrogen and oxygen atoms in total. The number of aromatic nitrogens is 1. The molecule has 3 aromatic rings. The quantitative estimate of drug-likeness (QED) is 0.112. The van der Waals surface area contributed by atoms with E-state index in [1.807, 2.05) is 30.3 Å². The van der Waals surface area contributed by atoms with Gasteiger partial charge in [-0.05, 0) is 65.2 Å². The molecule has 1 saturated heterocycles. The minimum absolute atomic E-state index is 0.0444. The van der Waals surface area contributed by atoms with Gasteiger partial charge >= 0.3 is 5.97 Å². The second-order valence-electron chi connectivity index (χ2n) is 16.5. The van der Waals surface area contributed by atoms with Crippen molar-refractivity contribution in [3.8, 4) is 22.8 Å². The van der Waals surface area contributed by atoms with Gasteiger partial charge in [-0.25, -0.2) is 13.4 Å².